The number of fused-ring (bicyclic) bond motifs is 1. The molecule has 0 aliphatic carbocycles. The zero-order valence-corrected chi connectivity index (χ0v) is 16.0. The van der Waals surface area contributed by atoms with Crippen LogP contribution < -0.4 is 21.1 Å². The molecule has 0 saturated carbocycles. The van der Waals surface area contributed by atoms with Crippen LogP contribution in [0.3, 0.4) is 0 Å². The monoisotopic (exact) mass is 436 g/mol. The van der Waals surface area contributed by atoms with E-state index in [1.54, 1.807) is 24.3 Å². The highest BCUT2D eigenvalue weighted by Gasteiger charge is 2.30. The molecule has 0 bridgehead atoms. The highest BCUT2D eigenvalue weighted by Crippen LogP contribution is 2.31. The number of hydrogen-bond donors (Lipinski definition) is 5. The molecule has 1 atom stereocenters. The molecule has 3 aromatic rings. The topological polar surface area (TPSA) is 129 Å². The standard InChI is InChI=1S/C20H19F3N4O4/c21-20(22,23)12-2-1-3-15(8-12)31-10-14(28)9-25-19(30)26-13-4-5-16-11(6-13)7-17(27-16)18(24)29/h1-8,14,27-28H,9-10H2,(H2,24,29)(H2,25,26,30). The van der Waals surface area contributed by atoms with E-state index in [0.29, 0.717) is 16.6 Å². The number of aromatic amines is 1. The first kappa shape index (κ1) is 22.0. The number of urea groups is 1. The molecule has 0 saturated heterocycles. The van der Waals surface area contributed by atoms with E-state index in [2.05, 4.69) is 15.6 Å². The molecule has 3 rings (SSSR count). The Morgan fingerprint density at radius 1 is 1.16 bits per heavy atom. The smallest absolute Gasteiger partial charge is 0.416 e. The van der Waals surface area contributed by atoms with Gasteiger partial charge in [0, 0.05) is 23.1 Å². The van der Waals surface area contributed by atoms with Crippen molar-refractivity contribution in [3.8, 4) is 5.75 Å². The van der Waals surface area contributed by atoms with Crippen LogP contribution in [0.4, 0.5) is 23.7 Å². The minimum Gasteiger partial charge on any atom is -0.491 e. The molecule has 0 fully saturated rings. The third kappa shape index (κ3) is 5.89. The Balaban J connectivity index is 1.48. The van der Waals surface area contributed by atoms with Crippen LogP contribution in [0, 0.1) is 0 Å². The Labute approximate surface area is 174 Å². The van der Waals surface area contributed by atoms with Gasteiger partial charge in [-0.3, -0.25) is 4.79 Å². The lowest BCUT2D eigenvalue weighted by Crippen LogP contribution is -2.37. The van der Waals surface area contributed by atoms with E-state index < -0.39 is 29.8 Å². The molecule has 3 amide bonds. The van der Waals surface area contributed by atoms with E-state index in [0.717, 1.165) is 12.1 Å². The number of primary amides is 1. The summed E-state index contributed by atoms with van der Waals surface area (Å²) >= 11 is 0. The van der Waals surface area contributed by atoms with E-state index in [9.17, 15) is 27.9 Å². The summed E-state index contributed by atoms with van der Waals surface area (Å²) in [5.74, 6) is -0.654. The number of anilines is 1. The van der Waals surface area contributed by atoms with Gasteiger partial charge in [-0.2, -0.15) is 13.2 Å². The molecule has 1 unspecified atom stereocenters. The summed E-state index contributed by atoms with van der Waals surface area (Å²) < 4.78 is 43.3. The van der Waals surface area contributed by atoms with E-state index in [-0.39, 0.29) is 24.6 Å². The highest BCUT2D eigenvalue weighted by atomic mass is 19.4. The van der Waals surface area contributed by atoms with Crippen LogP contribution in [0.5, 0.6) is 5.75 Å². The van der Waals surface area contributed by atoms with Crippen molar-refractivity contribution in [2.45, 2.75) is 12.3 Å². The summed E-state index contributed by atoms with van der Waals surface area (Å²) in [6.07, 6.45) is -5.65. The number of alkyl halides is 3. The lowest BCUT2D eigenvalue weighted by Gasteiger charge is -2.15. The number of benzene rings is 2. The normalized spacial score (nSPS) is 12.4. The van der Waals surface area contributed by atoms with Gasteiger partial charge in [-0.1, -0.05) is 6.07 Å². The Kier molecular flexibility index (Phi) is 6.35. The molecular formula is C20H19F3N4O4. The molecule has 164 valence electrons. The third-order valence-electron chi connectivity index (χ3n) is 4.25. The Bertz CT molecular complexity index is 1100. The molecule has 8 nitrogen and oxygen atoms in total. The van der Waals surface area contributed by atoms with Crippen LogP contribution in [0.1, 0.15) is 16.1 Å². The van der Waals surface area contributed by atoms with Crippen molar-refractivity contribution < 1.29 is 32.6 Å². The molecule has 1 heterocycles. The molecule has 31 heavy (non-hydrogen) atoms. The predicted molar refractivity (Wildman–Crippen MR) is 107 cm³/mol. The van der Waals surface area contributed by atoms with Crippen LogP contribution in [0.25, 0.3) is 10.9 Å². The summed E-state index contributed by atoms with van der Waals surface area (Å²) in [5, 5.41) is 15.6. The number of carbonyl (C=O) groups excluding carboxylic acids is 2. The van der Waals surface area contributed by atoms with Crippen LogP contribution in [0.2, 0.25) is 0 Å². The lowest BCUT2D eigenvalue weighted by atomic mass is 10.2. The number of nitrogens with one attached hydrogen (secondary N) is 3. The molecule has 2 aromatic carbocycles. The number of aliphatic hydroxyl groups excluding tert-OH is 1. The van der Waals surface area contributed by atoms with Gasteiger partial charge in [0.2, 0.25) is 0 Å². The van der Waals surface area contributed by atoms with Gasteiger partial charge in [0.15, 0.2) is 0 Å². The molecular weight excluding hydrogens is 417 g/mol. The second kappa shape index (κ2) is 8.96. The zero-order chi connectivity index (χ0) is 22.6. The average molecular weight is 436 g/mol. The maximum Gasteiger partial charge on any atom is 0.416 e. The molecule has 0 radical (unpaired) electrons. The first-order chi connectivity index (χ1) is 14.6. The van der Waals surface area contributed by atoms with Gasteiger partial charge in [-0.15, -0.1) is 0 Å². The van der Waals surface area contributed by atoms with Crippen molar-refractivity contribution >= 4 is 28.5 Å². The number of hydrogen-bond acceptors (Lipinski definition) is 4. The molecule has 1 aromatic heterocycles. The van der Waals surface area contributed by atoms with Crippen molar-refractivity contribution in [2.75, 3.05) is 18.5 Å². The number of carbonyl (C=O) groups is 2. The third-order valence-corrected chi connectivity index (χ3v) is 4.25. The Hall–Kier alpha value is -3.73. The second-order valence-corrected chi connectivity index (χ2v) is 6.67. The highest BCUT2D eigenvalue weighted by molar-refractivity contribution is 5.99. The summed E-state index contributed by atoms with van der Waals surface area (Å²) in [7, 11) is 0. The maximum atomic E-state index is 12.7. The largest absolute Gasteiger partial charge is 0.491 e. The van der Waals surface area contributed by atoms with Crippen molar-refractivity contribution in [2.24, 2.45) is 5.73 Å². The number of halogens is 3. The first-order valence-corrected chi connectivity index (χ1v) is 9.07. The fourth-order valence-electron chi connectivity index (χ4n) is 2.74. The van der Waals surface area contributed by atoms with Crippen molar-refractivity contribution in [3.63, 3.8) is 0 Å². The van der Waals surface area contributed by atoms with Crippen molar-refractivity contribution in [1.82, 2.24) is 10.3 Å². The summed E-state index contributed by atoms with van der Waals surface area (Å²) in [6.45, 7) is -0.504. The molecule has 0 aliphatic heterocycles. The van der Waals surface area contributed by atoms with E-state index in [1.807, 2.05) is 0 Å². The lowest BCUT2D eigenvalue weighted by molar-refractivity contribution is -0.137. The van der Waals surface area contributed by atoms with Crippen LogP contribution in [0.15, 0.2) is 48.5 Å². The van der Waals surface area contributed by atoms with E-state index in [1.165, 1.54) is 12.1 Å². The summed E-state index contributed by atoms with van der Waals surface area (Å²) in [5.41, 5.74) is 5.70. The van der Waals surface area contributed by atoms with Gasteiger partial charge in [-0.25, -0.2) is 4.79 Å². The first-order valence-electron chi connectivity index (χ1n) is 9.07. The number of ether oxygens (including phenoxy) is 1. The predicted octanol–water partition coefficient (Wildman–Crippen LogP) is 2.85. The van der Waals surface area contributed by atoms with E-state index >= 15 is 0 Å². The minimum atomic E-state index is -4.50. The molecule has 6 N–H and O–H groups in total. The fourth-order valence-corrected chi connectivity index (χ4v) is 2.74. The van der Waals surface area contributed by atoms with Crippen molar-refractivity contribution in [1.29, 1.82) is 0 Å². The van der Waals surface area contributed by atoms with Crippen LogP contribution >= 0.6 is 0 Å². The fraction of sp³-hybridized carbons (Fsp3) is 0.200. The Morgan fingerprint density at radius 3 is 2.65 bits per heavy atom. The Morgan fingerprint density at radius 2 is 1.94 bits per heavy atom. The van der Waals surface area contributed by atoms with Gasteiger partial charge < -0.3 is 31.2 Å². The van der Waals surface area contributed by atoms with Crippen LogP contribution in [-0.2, 0) is 6.18 Å². The zero-order valence-electron chi connectivity index (χ0n) is 16.0. The quantitative estimate of drug-likeness (QED) is 0.390. The number of nitrogens with two attached hydrogens (primary N) is 1. The molecule has 11 heteroatoms. The number of amides is 3. The SMILES string of the molecule is NC(=O)c1cc2cc(NC(=O)NCC(O)COc3cccc(C(F)(F)F)c3)ccc2[nH]1. The molecule has 0 spiro atoms. The maximum absolute atomic E-state index is 12.7. The molecule has 0 aliphatic rings. The second-order valence-electron chi connectivity index (χ2n) is 6.67. The minimum absolute atomic E-state index is 0.0477. The van der Waals surface area contributed by atoms with Crippen LogP contribution in [-0.4, -0.2) is 41.3 Å². The van der Waals surface area contributed by atoms with Crippen molar-refractivity contribution in [3.05, 3.63) is 59.8 Å². The summed E-state index contributed by atoms with van der Waals surface area (Å²) in [6, 6.07) is 10.1. The summed E-state index contributed by atoms with van der Waals surface area (Å²) in [4.78, 5) is 26.1. The number of H-pyrrole nitrogens is 1. The van der Waals surface area contributed by atoms with E-state index in [4.69, 9.17) is 10.5 Å². The number of rotatable bonds is 7. The number of aliphatic hydroxyl groups is 1. The van der Waals surface area contributed by atoms with Gasteiger partial charge in [0.25, 0.3) is 5.91 Å². The van der Waals surface area contributed by atoms with Gasteiger partial charge in [-0.05, 0) is 42.5 Å². The number of aromatic nitrogens is 1. The van der Waals surface area contributed by atoms with Gasteiger partial charge in [0.1, 0.15) is 24.2 Å². The van der Waals surface area contributed by atoms with Gasteiger partial charge in [0.05, 0.1) is 5.56 Å². The van der Waals surface area contributed by atoms with Gasteiger partial charge >= 0.3 is 12.2 Å². The average Bonchev–Trinajstić information content (AvgIpc) is 3.14.